The smallest absolute Gasteiger partial charge is 0.261 e. The molecule has 1 aliphatic heterocycles. The molecule has 5 nitrogen and oxygen atoms in total. The summed E-state index contributed by atoms with van der Waals surface area (Å²) < 4.78 is 0. The van der Waals surface area contributed by atoms with E-state index in [4.69, 9.17) is 0 Å². The summed E-state index contributed by atoms with van der Waals surface area (Å²) in [5.41, 5.74) is 3.21. The number of para-hydroxylation sites is 1. The summed E-state index contributed by atoms with van der Waals surface area (Å²) in [6.45, 7) is 5.77. The highest BCUT2D eigenvalue weighted by Crippen LogP contribution is 2.27. The number of aromatic nitrogens is 2. The van der Waals surface area contributed by atoms with Crippen molar-refractivity contribution >= 4 is 33.1 Å². The molecular weight excluding hydrogens is 332 g/mol. The lowest BCUT2D eigenvalue weighted by molar-refractivity contribution is 0.0944. The topological polar surface area (TPSA) is 58.1 Å². The van der Waals surface area contributed by atoms with Gasteiger partial charge in [0.05, 0.1) is 10.6 Å². The maximum absolute atomic E-state index is 12.6. The first-order valence-corrected chi connectivity index (χ1v) is 9.28. The van der Waals surface area contributed by atoms with Gasteiger partial charge in [0.2, 0.25) is 0 Å². The Hall–Kier alpha value is -2.47. The Bertz CT molecular complexity index is 922. The van der Waals surface area contributed by atoms with Crippen molar-refractivity contribution in [2.24, 2.45) is 0 Å². The van der Waals surface area contributed by atoms with Crippen LogP contribution < -0.4 is 10.2 Å². The van der Waals surface area contributed by atoms with Crippen molar-refractivity contribution in [1.29, 1.82) is 0 Å². The van der Waals surface area contributed by atoms with Crippen LogP contribution in [0.15, 0.2) is 36.4 Å². The van der Waals surface area contributed by atoms with Crippen LogP contribution in [-0.4, -0.2) is 35.2 Å². The number of hydrogen-bond donors (Lipinski definition) is 1. The number of anilines is 1. The number of hydrogen-bond acceptors (Lipinski definition) is 5. The second-order valence-corrected chi connectivity index (χ2v) is 7.51. The molecule has 1 aromatic carbocycles. The Balaban J connectivity index is 1.47. The number of nitrogens with zero attached hydrogens (tertiary/aromatic N) is 3. The van der Waals surface area contributed by atoms with Crippen LogP contribution in [0.2, 0.25) is 0 Å². The van der Waals surface area contributed by atoms with Crippen LogP contribution in [0.5, 0.6) is 0 Å². The number of carbonyl (C=O) groups is 1. The van der Waals surface area contributed by atoms with Gasteiger partial charge in [0, 0.05) is 30.2 Å². The van der Waals surface area contributed by atoms with Gasteiger partial charge in [-0.2, -0.15) is 5.10 Å². The van der Waals surface area contributed by atoms with E-state index in [-0.39, 0.29) is 11.9 Å². The molecule has 1 amide bonds. The lowest BCUT2D eigenvalue weighted by atomic mass is 10.2. The zero-order valence-electron chi connectivity index (χ0n) is 14.3. The van der Waals surface area contributed by atoms with Crippen LogP contribution >= 0.6 is 11.3 Å². The van der Waals surface area contributed by atoms with E-state index in [2.05, 4.69) is 32.5 Å². The van der Waals surface area contributed by atoms with Gasteiger partial charge in [-0.05, 0) is 44.0 Å². The molecule has 25 heavy (non-hydrogen) atoms. The summed E-state index contributed by atoms with van der Waals surface area (Å²) >= 11 is 1.41. The van der Waals surface area contributed by atoms with Crippen LogP contribution in [0.3, 0.4) is 0 Å². The van der Waals surface area contributed by atoms with Gasteiger partial charge in [-0.15, -0.1) is 16.4 Å². The van der Waals surface area contributed by atoms with E-state index < -0.39 is 0 Å². The molecule has 1 saturated heterocycles. The zero-order valence-corrected chi connectivity index (χ0v) is 15.1. The monoisotopic (exact) mass is 352 g/mol. The number of thiophene rings is 1. The van der Waals surface area contributed by atoms with E-state index in [0.29, 0.717) is 4.88 Å². The van der Waals surface area contributed by atoms with E-state index in [1.807, 2.05) is 38.1 Å². The maximum atomic E-state index is 12.6. The fraction of sp³-hybridized carbons (Fsp3) is 0.316. The first kappa shape index (κ1) is 16.0. The van der Waals surface area contributed by atoms with Crippen molar-refractivity contribution in [3.05, 3.63) is 52.5 Å². The lowest BCUT2D eigenvalue weighted by Crippen LogP contribution is -2.36. The molecule has 1 fully saturated rings. The minimum atomic E-state index is -0.0139. The van der Waals surface area contributed by atoms with E-state index in [0.717, 1.165) is 41.0 Å². The van der Waals surface area contributed by atoms with Crippen molar-refractivity contribution < 1.29 is 4.79 Å². The Morgan fingerprint density at radius 2 is 2.04 bits per heavy atom. The highest BCUT2D eigenvalue weighted by atomic mass is 32.1. The highest BCUT2D eigenvalue weighted by molar-refractivity contribution is 7.20. The summed E-state index contributed by atoms with van der Waals surface area (Å²) in [6, 6.07) is 12.4. The van der Waals surface area contributed by atoms with E-state index in [1.165, 1.54) is 17.0 Å². The largest absolute Gasteiger partial charge is 0.369 e. The normalized spacial score (nSPS) is 17.2. The molecule has 1 atom stereocenters. The molecule has 1 unspecified atom stereocenters. The number of benzene rings is 1. The second-order valence-electron chi connectivity index (χ2n) is 6.48. The second kappa shape index (κ2) is 6.44. The maximum Gasteiger partial charge on any atom is 0.261 e. The predicted octanol–water partition coefficient (Wildman–Crippen LogP) is 3.32. The molecule has 0 spiro atoms. The molecule has 6 heteroatoms. The first-order valence-electron chi connectivity index (χ1n) is 8.46. The Labute approximate surface area is 150 Å². The minimum absolute atomic E-state index is 0.0139. The number of nitrogens with one attached hydrogen (secondary N) is 1. The fourth-order valence-corrected chi connectivity index (χ4v) is 4.17. The van der Waals surface area contributed by atoms with Gasteiger partial charge in [0.15, 0.2) is 0 Å². The van der Waals surface area contributed by atoms with Crippen molar-refractivity contribution in [2.75, 3.05) is 18.0 Å². The van der Waals surface area contributed by atoms with Gasteiger partial charge in [-0.1, -0.05) is 18.2 Å². The standard InChI is InChI=1S/C19H20N4OS/c1-12-13(2)21-22-19-16(12)10-17(25-19)18(24)20-14-8-9-23(11-14)15-6-4-3-5-7-15/h3-7,10,14H,8-9,11H2,1-2H3,(H,20,24). The van der Waals surface area contributed by atoms with Gasteiger partial charge in [-0.3, -0.25) is 4.79 Å². The first-order chi connectivity index (χ1) is 12.1. The number of fused-ring (bicyclic) bond motifs is 1. The molecule has 3 heterocycles. The zero-order chi connectivity index (χ0) is 17.4. The molecule has 1 N–H and O–H groups in total. The molecule has 1 aliphatic rings. The van der Waals surface area contributed by atoms with Crippen LogP contribution in [0.1, 0.15) is 27.3 Å². The predicted molar refractivity (Wildman–Crippen MR) is 101 cm³/mol. The summed E-state index contributed by atoms with van der Waals surface area (Å²) in [7, 11) is 0. The van der Waals surface area contributed by atoms with Crippen molar-refractivity contribution in [1.82, 2.24) is 15.5 Å². The van der Waals surface area contributed by atoms with E-state index >= 15 is 0 Å². The average molecular weight is 352 g/mol. The van der Waals surface area contributed by atoms with Crippen LogP contribution in [0, 0.1) is 13.8 Å². The van der Waals surface area contributed by atoms with Crippen molar-refractivity contribution in [3.8, 4) is 0 Å². The summed E-state index contributed by atoms with van der Waals surface area (Å²) in [5.74, 6) is -0.0139. The number of carbonyl (C=O) groups excluding carboxylic acids is 1. The van der Waals surface area contributed by atoms with Crippen molar-refractivity contribution in [2.45, 2.75) is 26.3 Å². The summed E-state index contributed by atoms with van der Waals surface area (Å²) in [6.07, 6.45) is 0.962. The molecule has 3 aromatic rings. The Kier molecular flexibility index (Phi) is 4.13. The lowest BCUT2D eigenvalue weighted by Gasteiger charge is -2.18. The Morgan fingerprint density at radius 3 is 2.84 bits per heavy atom. The Morgan fingerprint density at radius 1 is 1.24 bits per heavy atom. The van der Waals surface area contributed by atoms with E-state index in [9.17, 15) is 4.79 Å². The quantitative estimate of drug-likeness (QED) is 0.786. The number of rotatable bonds is 3. The van der Waals surface area contributed by atoms with Gasteiger partial charge >= 0.3 is 0 Å². The summed E-state index contributed by atoms with van der Waals surface area (Å²) in [5, 5.41) is 12.6. The number of aryl methyl sites for hydroxylation is 2. The molecule has 0 saturated carbocycles. The molecule has 0 aliphatic carbocycles. The molecule has 2 aromatic heterocycles. The minimum Gasteiger partial charge on any atom is -0.369 e. The van der Waals surface area contributed by atoms with E-state index in [1.54, 1.807) is 0 Å². The fourth-order valence-electron chi connectivity index (χ4n) is 3.23. The molecule has 4 rings (SSSR count). The SMILES string of the molecule is Cc1nnc2sc(C(=O)NC3CCN(c4ccccc4)C3)cc2c1C. The summed E-state index contributed by atoms with van der Waals surface area (Å²) in [4.78, 5) is 16.5. The van der Waals surface area contributed by atoms with Gasteiger partial charge in [0.1, 0.15) is 4.83 Å². The van der Waals surface area contributed by atoms with Crippen LogP contribution in [-0.2, 0) is 0 Å². The van der Waals surface area contributed by atoms with Gasteiger partial charge in [-0.25, -0.2) is 0 Å². The third-order valence-corrected chi connectivity index (χ3v) is 5.84. The molecule has 0 radical (unpaired) electrons. The molecule has 0 bridgehead atoms. The van der Waals surface area contributed by atoms with Gasteiger partial charge < -0.3 is 10.2 Å². The highest BCUT2D eigenvalue weighted by Gasteiger charge is 2.25. The third-order valence-electron chi connectivity index (χ3n) is 4.82. The molecule has 128 valence electrons. The average Bonchev–Trinajstić information content (AvgIpc) is 3.26. The van der Waals surface area contributed by atoms with Gasteiger partial charge in [0.25, 0.3) is 5.91 Å². The van der Waals surface area contributed by atoms with Crippen LogP contribution in [0.4, 0.5) is 5.69 Å². The third kappa shape index (κ3) is 3.09. The van der Waals surface area contributed by atoms with Crippen LogP contribution in [0.25, 0.3) is 10.2 Å². The number of amides is 1. The van der Waals surface area contributed by atoms with Crippen molar-refractivity contribution in [3.63, 3.8) is 0 Å². The molecular formula is C19H20N4OS.